The standard InChI is InChI=1S/C29H34FN3O4/c1-18(34)19-7-9-21(10-8-19)27(20-5-3-2-4-6-20)31-28(36)25-15-23(30)17-33(25)29(37)22-11-12-24-13-14-26(35)32(24)16-22/h2-10,18,22-25,27,34H,11-17H2,1H3,(H,31,36)/t18?,22?,23-,24?,25+,27?/m1/s1. The van der Waals surface area contributed by atoms with E-state index in [9.17, 15) is 23.9 Å². The zero-order valence-electron chi connectivity index (χ0n) is 21.1. The van der Waals surface area contributed by atoms with Crippen LogP contribution in [0.15, 0.2) is 54.6 Å². The highest BCUT2D eigenvalue weighted by atomic mass is 19.1. The number of carbonyl (C=O) groups excluding carboxylic acids is 3. The summed E-state index contributed by atoms with van der Waals surface area (Å²) in [5, 5.41) is 12.9. The first kappa shape index (κ1) is 25.4. The first-order chi connectivity index (χ1) is 17.8. The summed E-state index contributed by atoms with van der Waals surface area (Å²) in [6.45, 7) is 1.94. The van der Waals surface area contributed by atoms with Crippen LogP contribution in [0.25, 0.3) is 0 Å². The van der Waals surface area contributed by atoms with Crippen molar-refractivity contribution in [2.75, 3.05) is 13.1 Å². The van der Waals surface area contributed by atoms with Crippen LogP contribution < -0.4 is 5.32 Å². The average molecular weight is 508 g/mol. The minimum Gasteiger partial charge on any atom is -0.389 e. The molecule has 3 aliphatic heterocycles. The molecule has 2 aromatic carbocycles. The molecular weight excluding hydrogens is 473 g/mol. The molecule has 2 N–H and O–H groups in total. The third kappa shape index (κ3) is 5.25. The number of piperidine rings is 1. The van der Waals surface area contributed by atoms with Gasteiger partial charge in [0.2, 0.25) is 17.7 Å². The van der Waals surface area contributed by atoms with Crippen LogP contribution in [0.5, 0.6) is 0 Å². The first-order valence-corrected chi connectivity index (χ1v) is 13.2. The Bertz CT molecular complexity index is 1140. The summed E-state index contributed by atoms with van der Waals surface area (Å²) in [6.07, 6.45) is 0.848. The Morgan fingerprint density at radius 2 is 1.65 bits per heavy atom. The molecule has 0 radical (unpaired) electrons. The van der Waals surface area contributed by atoms with Gasteiger partial charge in [-0.1, -0.05) is 54.6 Å². The van der Waals surface area contributed by atoms with Crippen LogP contribution in [-0.2, 0) is 14.4 Å². The fourth-order valence-corrected chi connectivity index (χ4v) is 5.99. The predicted molar refractivity (Wildman–Crippen MR) is 136 cm³/mol. The third-order valence-corrected chi connectivity index (χ3v) is 8.07. The number of nitrogens with zero attached hydrogens (tertiary/aromatic N) is 2. The second-order valence-corrected chi connectivity index (χ2v) is 10.5. The molecule has 0 bridgehead atoms. The zero-order valence-corrected chi connectivity index (χ0v) is 21.1. The molecule has 3 amide bonds. The lowest BCUT2D eigenvalue weighted by Gasteiger charge is -2.37. The van der Waals surface area contributed by atoms with Gasteiger partial charge >= 0.3 is 0 Å². The number of amides is 3. The topological polar surface area (TPSA) is 90.0 Å². The molecule has 37 heavy (non-hydrogen) atoms. The molecule has 2 aromatic rings. The zero-order chi connectivity index (χ0) is 26.1. The number of hydrogen-bond acceptors (Lipinski definition) is 4. The van der Waals surface area contributed by atoms with Gasteiger partial charge in [0.15, 0.2) is 0 Å². The van der Waals surface area contributed by atoms with Gasteiger partial charge in [0.1, 0.15) is 12.2 Å². The molecule has 0 spiro atoms. The van der Waals surface area contributed by atoms with Gasteiger partial charge in [-0.3, -0.25) is 14.4 Å². The van der Waals surface area contributed by atoms with Crippen molar-refractivity contribution in [3.05, 3.63) is 71.3 Å². The van der Waals surface area contributed by atoms with E-state index >= 15 is 0 Å². The second kappa shape index (κ2) is 10.6. The van der Waals surface area contributed by atoms with E-state index in [0.29, 0.717) is 19.4 Å². The predicted octanol–water partition coefficient (Wildman–Crippen LogP) is 3.29. The Morgan fingerprint density at radius 3 is 2.35 bits per heavy atom. The summed E-state index contributed by atoms with van der Waals surface area (Å²) in [5.74, 6) is -0.963. The van der Waals surface area contributed by atoms with E-state index < -0.39 is 36.2 Å². The normalized spacial score (nSPS) is 27.1. The molecule has 0 aromatic heterocycles. The fourth-order valence-electron chi connectivity index (χ4n) is 5.99. The van der Waals surface area contributed by atoms with Gasteiger partial charge in [0.05, 0.1) is 24.6 Å². The number of fused-ring (bicyclic) bond motifs is 1. The molecule has 3 saturated heterocycles. The molecule has 5 rings (SSSR count). The number of likely N-dealkylation sites (tertiary alicyclic amines) is 1. The van der Waals surface area contributed by atoms with Gasteiger partial charge < -0.3 is 20.2 Å². The molecule has 0 saturated carbocycles. The van der Waals surface area contributed by atoms with E-state index in [-0.39, 0.29) is 30.8 Å². The number of benzene rings is 2. The van der Waals surface area contributed by atoms with Crippen molar-refractivity contribution in [3.8, 4) is 0 Å². The van der Waals surface area contributed by atoms with Crippen molar-refractivity contribution >= 4 is 17.7 Å². The number of rotatable bonds is 6. The van der Waals surface area contributed by atoms with Crippen molar-refractivity contribution in [1.29, 1.82) is 0 Å². The number of hydrogen-bond donors (Lipinski definition) is 2. The van der Waals surface area contributed by atoms with E-state index in [1.165, 1.54) is 4.90 Å². The highest BCUT2D eigenvalue weighted by Crippen LogP contribution is 2.33. The van der Waals surface area contributed by atoms with E-state index in [2.05, 4.69) is 5.32 Å². The highest BCUT2D eigenvalue weighted by molar-refractivity contribution is 5.90. The number of aliphatic hydroxyl groups excluding tert-OH is 1. The lowest BCUT2D eigenvalue weighted by molar-refractivity contribution is -0.145. The second-order valence-electron chi connectivity index (χ2n) is 10.5. The van der Waals surface area contributed by atoms with Gasteiger partial charge in [0.25, 0.3) is 0 Å². The van der Waals surface area contributed by atoms with Gasteiger partial charge in [-0.15, -0.1) is 0 Å². The van der Waals surface area contributed by atoms with Crippen LogP contribution in [0.4, 0.5) is 4.39 Å². The lowest BCUT2D eigenvalue weighted by atomic mass is 9.92. The summed E-state index contributed by atoms with van der Waals surface area (Å²) >= 11 is 0. The Hall–Kier alpha value is -3.26. The van der Waals surface area contributed by atoms with Crippen LogP contribution in [0.3, 0.4) is 0 Å². The summed E-state index contributed by atoms with van der Waals surface area (Å²) < 4.78 is 14.6. The van der Waals surface area contributed by atoms with Gasteiger partial charge in [-0.25, -0.2) is 4.39 Å². The molecule has 3 fully saturated rings. The third-order valence-electron chi connectivity index (χ3n) is 8.07. The lowest BCUT2D eigenvalue weighted by Crippen LogP contribution is -2.52. The molecule has 196 valence electrons. The molecular formula is C29H34FN3O4. The maximum atomic E-state index is 14.6. The van der Waals surface area contributed by atoms with Crippen LogP contribution in [0, 0.1) is 5.92 Å². The van der Waals surface area contributed by atoms with Crippen LogP contribution in [0.2, 0.25) is 0 Å². The average Bonchev–Trinajstić information content (AvgIpc) is 3.49. The maximum absolute atomic E-state index is 14.6. The van der Waals surface area contributed by atoms with E-state index in [1.807, 2.05) is 54.6 Å². The molecule has 7 nitrogen and oxygen atoms in total. The van der Waals surface area contributed by atoms with Crippen molar-refractivity contribution in [2.24, 2.45) is 5.92 Å². The first-order valence-electron chi connectivity index (χ1n) is 13.2. The molecule has 0 aliphatic carbocycles. The molecule has 4 unspecified atom stereocenters. The van der Waals surface area contributed by atoms with Crippen molar-refractivity contribution in [3.63, 3.8) is 0 Å². The monoisotopic (exact) mass is 507 g/mol. The summed E-state index contributed by atoms with van der Waals surface area (Å²) in [6, 6.07) is 15.7. The number of carbonyl (C=O) groups is 3. The number of halogens is 1. The van der Waals surface area contributed by atoms with Crippen LogP contribution >= 0.6 is 0 Å². The number of alkyl halides is 1. The van der Waals surface area contributed by atoms with Crippen molar-refractivity contribution < 1.29 is 23.9 Å². The largest absolute Gasteiger partial charge is 0.389 e. The quantitative estimate of drug-likeness (QED) is 0.628. The smallest absolute Gasteiger partial charge is 0.243 e. The molecule has 8 heteroatoms. The van der Waals surface area contributed by atoms with Crippen molar-refractivity contribution in [2.45, 2.75) is 69.4 Å². The van der Waals surface area contributed by atoms with E-state index in [4.69, 9.17) is 0 Å². The Morgan fingerprint density at radius 1 is 0.973 bits per heavy atom. The van der Waals surface area contributed by atoms with E-state index in [1.54, 1.807) is 11.8 Å². The Kier molecular flexibility index (Phi) is 7.29. The van der Waals surface area contributed by atoms with Gasteiger partial charge in [-0.05, 0) is 42.9 Å². The maximum Gasteiger partial charge on any atom is 0.243 e. The van der Waals surface area contributed by atoms with Gasteiger partial charge in [0, 0.05) is 25.4 Å². The minimum absolute atomic E-state index is 0.0436. The number of aliphatic hydroxyl groups is 1. The minimum atomic E-state index is -1.27. The Labute approximate surface area is 216 Å². The summed E-state index contributed by atoms with van der Waals surface area (Å²) in [5.41, 5.74) is 2.45. The van der Waals surface area contributed by atoms with Crippen LogP contribution in [0.1, 0.15) is 67.9 Å². The summed E-state index contributed by atoms with van der Waals surface area (Å²) in [4.78, 5) is 42.5. The molecule has 3 aliphatic rings. The van der Waals surface area contributed by atoms with Crippen LogP contribution in [-0.4, -0.2) is 64.0 Å². The van der Waals surface area contributed by atoms with Crippen molar-refractivity contribution in [1.82, 2.24) is 15.1 Å². The Balaban J connectivity index is 1.34. The van der Waals surface area contributed by atoms with E-state index in [0.717, 1.165) is 29.5 Å². The highest BCUT2D eigenvalue weighted by Gasteiger charge is 2.45. The SMILES string of the molecule is CC(O)c1ccc(C(NC(=O)[C@@H]2C[C@@H](F)CN2C(=O)C2CCC3CCC(=O)N3C2)c2ccccc2)cc1. The number of nitrogens with one attached hydrogen (secondary N) is 1. The fraction of sp³-hybridized carbons (Fsp3) is 0.483. The molecule has 6 atom stereocenters. The van der Waals surface area contributed by atoms with Gasteiger partial charge in [-0.2, -0.15) is 0 Å². The summed E-state index contributed by atoms with van der Waals surface area (Å²) in [7, 11) is 0. The molecule has 3 heterocycles.